The fraction of sp³-hybridized carbons (Fsp3) is 0.769. The highest BCUT2D eigenvalue weighted by Crippen LogP contribution is 2.37. The fourth-order valence-electron chi connectivity index (χ4n) is 3.17. The summed E-state index contributed by atoms with van der Waals surface area (Å²) in [5.41, 5.74) is 0. The molecule has 7 heteroatoms. The van der Waals surface area contributed by atoms with Crippen molar-refractivity contribution in [2.45, 2.75) is 38.1 Å². The molecular weight excluding hydrogens is 264 g/mol. The second-order valence-corrected chi connectivity index (χ2v) is 5.63. The molecule has 1 saturated heterocycles. The Labute approximate surface area is 116 Å². The second kappa shape index (κ2) is 6.11. The Kier molecular flexibility index (Phi) is 4.46. The number of rotatable bonds is 5. The zero-order valence-corrected chi connectivity index (χ0v) is 11.2. The van der Waals surface area contributed by atoms with Gasteiger partial charge in [0.2, 0.25) is 0 Å². The van der Waals surface area contributed by atoms with Gasteiger partial charge in [-0.05, 0) is 31.1 Å². The van der Waals surface area contributed by atoms with Crippen LogP contribution < -0.4 is 5.32 Å². The number of fused-ring (bicyclic) bond motifs is 1. The van der Waals surface area contributed by atoms with Crippen molar-refractivity contribution in [3.8, 4) is 0 Å². The molecule has 3 atom stereocenters. The highest BCUT2D eigenvalue weighted by atomic mass is 16.4. The molecule has 0 aromatic heterocycles. The molecule has 2 aliphatic rings. The summed E-state index contributed by atoms with van der Waals surface area (Å²) >= 11 is 0. The summed E-state index contributed by atoms with van der Waals surface area (Å²) in [4.78, 5) is 35.2. The average molecular weight is 284 g/mol. The average Bonchev–Trinajstić information content (AvgIpc) is 2.93. The first-order valence-corrected chi connectivity index (χ1v) is 6.97. The Hall–Kier alpha value is -1.79. The van der Waals surface area contributed by atoms with E-state index in [1.54, 1.807) is 4.90 Å². The molecule has 1 heterocycles. The van der Waals surface area contributed by atoms with Crippen LogP contribution in [0.4, 0.5) is 4.79 Å². The van der Waals surface area contributed by atoms with Crippen LogP contribution >= 0.6 is 0 Å². The van der Waals surface area contributed by atoms with Crippen LogP contribution in [-0.2, 0) is 9.59 Å². The summed E-state index contributed by atoms with van der Waals surface area (Å²) in [5, 5.41) is 20.0. The topological polar surface area (TPSA) is 107 Å². The minimum absolute atomic E-state index is 0.100. The Morgan fingerprint density at radius 2 is 1.75 bits per heavy atom. The summed E-state index contributed by atoms with van der Waals surface area (Å²) in [6, 6.07) is -1.53. The molecule has 1 saturated carbocycles. The number of nitrogens with one attached hydrogen (secondary N) is 1. The first-order valence-electron chi connectivity index (χ1n) is 6.97. The lowest BCUT2D eigenvalue weighted by Crippen LogP contribution is -2.47. The van der Waals surface area contributed by atoms with Crippen LogP contribution in [0.1, 0.15) is 32.1 Å². The van der Waals surface area contributed by atoms with Gasteiger partial charge in [-0.15, -0.1) is 0 Å². The molecule has 2 fully saturated rings. The smallest absolute Gasteiger partial charge is 0.326 e. The van der Waals surface area contributed by atoms with Gasteiger partial charge in [0.25, 0.3) is 0 Å². The van der Waals surface area contributed by atoms with Crippen molar-refractivity contribution in [1.82, 2.24) is 10.2 Å². The minimum Gasteiger partial charge on any atom is -0.481 e. The number of carboxylic acids is 2. The lowest BCUT2D eigenvalue weighted by Gasteiger charge is -2.21. The SMILES string of the molecule is O=C(O)CC[C@H](NC(=O)N1CC2CCCC2C1)C(=O)O. The van der Waals surface area contributed by atoms with E-state index in [4.69, 9.17) is 10.2 Å². The number of carbonyl (C=O) groups is 3. The zero-order chi connectivity index (χ0) is 14.7. The predicted molar refractivity (Wildman–Crippen MR) is 69.2 cm³/mol. The van der Waals surface area contributed by atoms with Crippen LogP contribution in [0.2, 0.25) is 0 Å². The summed E-state index contributed by atoms with van der Waals surface area (Å²) in [7, 11) is 0. The lowest BCUT2D eigenvalue weighted by molar-refractivity contribution is -0.140. The third kappa shape index (κ3) is 3.40. The van der Waals surface area contributed by atoms with Crippen molar-refractivity contribution >= 4 is 18.0 Å². The largest absolute Gasteiger partial charge is 0.481 e. The quantitative estimate of drug-likeness (QED) is 0.690. The molecule has 1 aliphatic carbocycles. The highest BCUT2D eigenvalue weighted by Gasteiger charge is 2.38. The number of carboxylic acid groups (broad SMARTS) is 2. The maximum absolute atomic E-state index is 12.0. The molecule has 20 heavy (non-hydrogen) atoms. The summed E-state index contributed by atoms with van der Waals surface area (Å²) in [6.07, 6.45) is 3.10. The number of amides is 2. The Bertz CT molecular complexity index is 400. The number of nitrogens with zero attached hydrogens (tertiary/aromatic N) is 1. The van der Waals surface area contributed by atoms with E-state index < -0.39 is 24.0 Å². The molecule has 2 unspecified atom stereocenters. The number of likely N-dealkylation sites (tertiary alicyclic amines) is 1. The molecule has 7 nitrogen and oxygen atoms in total. The van der Waals surface area contributed by atoms with Crippen LogP contribution in [0.25, 0.3) is 0 Å². The second-order valence-electron chi connectivity index (χ2n) is 5.63. The summed E-state index contributed by atoms with van der Waals surface area (Å²) in [6.45, 7) is 1.36. The van der Waals surface area contributed by atoms with Gasteiger partial charge in [0, 0.05) is 19.5 Å². The van der Waals surface area contributed by atoms with E-state index in [2.05, 4.69) is 5.32 Å². The van der Waals surface area contributed by atoms with Crippen LogP contribution in [0.5, 0.6) is 0 Å². The molecule has 1 aliphatic heterocycles. The van der Waals surface area contributed by atoms with Gasteiger partial charge in [-0.25, -0.2) is 9.59 Å². The zero-order valence-electron chi connectivity index (χ0n) is 11.2. The van der Waals surface area contributed by atoms with Gasteiger partial charge in [0.15, 0.2) is 0 Å². The number of urea groups is 1. The number of aliphatic carboxylic acids is 2. The fourth-order valence-corrected chi connectivity index (χ4v) is 3.17. The third-order valence-corrected chi connectivity index (χ3v) is 4.26. The monoisotopic (exact) mass is 284 g/mol. The van der Waals surface area contributed by atoms with Crippen LogP contribution in [0, 0.1) is 11.8 Å². The van der Waals surface area contributed by atoms with Crippen molar-refractivity contribution in [2.24, 2.45) is 11.8 Å². The molecule has 0 radical (unpaired) electrons. The first-order chi connectivity index (χ1) is 9.47. The van der Waals surface area contributed by atoms with Crippen LogP contribution in [-0.4, -0.2) is 52.2 Å². The molecule has 0 aromatic carbocycles. The summed E-state index contributed by atoms with van der Waals surface area (Å²) in [5.74, 6) is -1.17. The Morgan fingerprint density at radius 3 is 2.25 bits per heavy atom. The van der Waals surface area contributed by atoms with Crippen LogP contribution in [0.3, 0.4) is 0 Å². The van der Waals surface area contributed by atoms with E-state index in [1.807, 2.05) is 0 Å². The molecule has 0 aromatic rings. The van der Waals surface area contributed by atoms with Crippen LogP contribution in [0.15, 0.2) is 0 Å². The maximum atomic E-state index is 12.0. The first kappa shape index (κ1) is 14.6. The highest BCUT2D eigenvalue weighted by molar-refractivity contribution is 5.83. The van der Waals surface area contributed by atoms with Gasteiger partial charge < -0.3 is 20.4 Å². The molecule has 2 rings (SSSR count). The van der Waals surface area contributed by atoms with Gasteiger partial charge >= 0.3 is 18.0 Å². The van der Waals surface area contributed by atoms with E-state index >= 15 is 0 Å². The number of carbonyl (C=O) groups excluding carboxylic acids is 1. The molecule has 3 N–H and O–H groups in total. The van der Waals surface area contributed by atoms with Crippen molar-refractivity contribution in [1.29, 1.82) is 0 Å². The van der Waals surface area contributed by atoms with Crippen molar-refractivity contribution in [3.05, 3.63) is 0 Å². The van der Waals surface area contributed by atoms with Gasteiger partial charge in [-0.1, -0.05) is 6.42 Å². The van der Waals surface area contributed by atoms with Crippen molar-refractivity contribution in [2.75, 3.05) is 13.1 Å². The number of hydrogen-bond donors (Lipinski definition) is 3. The van der Waals surface area contributed by atoms with Gasteiger partial charge in [0.1, 0.15) is 6.04 Å². The van der Waals surface area contributed by atoms with Gasteiger partial charge in [-0.3, -0.25) is 4.79 Å². The predicted octanol–water partition coefficient (Wildman–Crippen LogP) is 0.746. The molecular formula is C13H20N2O5. The maximum Gasteiger partial charge on any atom is 0.326 e. The normalized spacial score (nSPS) is 26.1. The third-order valence-electron chi connectivity index (χ3n) is 4.26. The number of hydrogen-bond acceptors (Lipinski definition) is 3. The van der Waals surface area contributed by atoms with E-state index in [9.17, 15) is 14.4 Å². The molecule has 112 valence electrons. The minimum atomic E-state index is -1.20. The Balaban J connectivity index is 1.85. The summed E-state index contributed by atoms with van der Waals surface area (Å²) < 4.78 is 0. The lowest BCUT2D eigenvalue weighted by atomic mass is 10.0. The van der Waals surface area contributed by atoms with E-state index in [0.717, 1.165) is 12.8 Å². The van der Waals surface area contributed by atoms with Crippen molar-refractivity contribution < 1.29 is 24.6 Å². The van der Waals surface area contributed by atoms with Crippen molar-refractivity contribution in [3.63, 3.8) is 0 Å². The Morgan fingerprint density at radius 1 is 1.15 bits per heavy atom. The molecule has 0 spiro atoms. The van der Waals surface area contributed by atoms with E-state index in [0.29, 0.717) is 24.9 Å². The van der Waals surface area contributed by atoms with E-state index in [-0.39, 0.29) is 12.8 Å². The van der Waals surface area contributed by atoms with Gasteiger partial charge in [-0.2, -0.15) is 0 Å². The molecule has 0 bridgehead atoms. The van der Waals surface area contributed by atoms with E-state index in [1.165, 1.54) is 6.42 Å². The van der Waals surface area contributed by atoms with Gasteiger partial charge in [0.05, 0.1) is 0 Å². The standard InChI is InChI=1S/C13H20N2O5/c16-11(17)5-4-10(12(18)19)14-13(20)15-6-8-2-1-3-9(8)7-15/h8-10H,1-7H2,(H,14,20)(H,16,17)(H,18,19)/t8?,9?,10-/m0/s1. The molecule has 2 amide bonds.